The van der Waals surface area contributed by atoms with Crippen molar-refractivity contribution in [3.8, 4) is 0 Å². The highest BCUT2D eigenvalue weighted by Gasteiger charge is 2.23. The molecule has 0 aliphatic heterocycles. The van der Waals surface area contributed by atoms with Crippen molar-refractivity contribution in [2.75, 3.05) is 6.61 Å². The third-order valence-electron chi connectivity index (χ3n) is 4.43. The molecule has 3 aromatic heterocycles. The second kappa shape index (κ2) is 6.42. The van der Waals surface area contributed by atoms with Gasteiger partial charge in [-0.25, -0.2) is 4.79 Å². The number of rotatable bonds is 4. The molecule has 5 heteroatoms. The van der Waals surface area contributed by atoms with E-state index in [0.717, 1.165) is 16.5 Å². The average Bonchev–Trinajstić information content (AvgIpc) is 3.30. The Morgan fingerprint density at radius 2 is 1.88 bits per heavy atom. The molecule has 0 amide bonds. The lowest BCUT2D eigenvalue weighted by Gasteiger charge is -2.09. The van der Waals surface area contributed by atoms with Gasteiger partial charge in [0, 0.05) is 5.39 Å². The molecule has 0 saturated carbocycles. The SMILES string of the molecule is CCOC(=O)c1cc(C(=O)c2cccs2)n2c1cc(C)c1ccccc12. The Bertz CT molecular complexity index is 1140. The number of carbonyl (C=O) groups is 2. The number of hydrogen-bond donors (Lipinski definition) is 0. The Morgan fingerprint density at radius 3 is 2.62 bits per heavy atom. The second-order valence-corrected chi connectivity index (χ2v) is 6.98. The van der Waals surface area contributed by atoms with Crippen molar-refractivity contribution in [1.29, 1.82) is 0 Å². The van der Waals surface area contributed by atoms with Crippen molar-refractivity contribution >= 4 is 39.5 Å². The lowest BCUT2D eigenvalue weighted by molar-refractivity contribution is 0.0529. The molecule has 0 saturated heterocycles. The molecule has 0 atom stereocenters. The van der Waals surface area contributed by atoms with Gasteiger partial charge in [0.25, 0.3) is 0 Å². The number of hydrogen-bond acceptors (Lipinski definition) is 4. The van der Waals surface area contributed by atoms with Crippen molar-refractivity contribution in [3.05, 3.63) is 75.6 Å². The zero-order valence-electron chi connectivity index (χ0n) is 14.5. The summed E-state index contributed by atoms with van der Waals surface area (Å²) in [6, 6.07) is 15.1. The number of fused-ring (bicyclic) bond motifs is 3. The number of thiophene rings is 1. The number of ether oxygens (including phenoxy) is 1. The summed E-state index contributed by atoms with van der Waals surface area (Å²) >= 11 is 1.39. The topological polar surface area (TPSA) is 47.8 Å². The van der Waals surface area contributed by atoms with Gasteiger partial charge in [0.15, 0.2) is 0 Å². The van der Waals surface area contributed by atoms with Crippen molar-refractivity contribution in [2.24, 2.45) is 0 Å². The molecular weight excluding hydrogens is 346 g/mol. The summed E-state index contributed by atoms with van der Waals surface area (Å²) in [4.78, 5) is 26.2. The van der Waals surface area contributed by atoms with Crippen LogP contribution < -0.4 is 0 Å². The molecule has 0 N–H and O–H groups in total. The van der Waals surface area contributed by atoms with Crippen molar-refractivity contribution in [2.45, 2.75) is 13.8 Å². The van der Waals surface area contributed by atoms with Gasteiger partial charge >= 0.3 is 5.97 Å². The second-order valence-electron chi connectivity index (χ2n) is 6.04. The van der Waals surface area contributed by atoms with E-state index in [1.54, 1.807) is 19.1 Å². The Kier molecular flexibility index (Phi) is 4.09. The lowest BCUT2D eigenvalue weighted by atomic mass is 10.1. The number of benzene rings is 1. The monoisotopic (exact) mass is 363 g/mol. The largest absolute Gasteiger partial charge is 0.462 e. The van der Waals surface area contributed by atoms with Gasteiger partial charge in [-0.1, -0.05) is 24.3 Å². The molecule has 0 fully saturated rings. The number of pyridine rings is 1. The van der Waals surface area contributed by atoms with Gasteiger partial charge in [-0.2, -0.15) is 0 Å². The predicted molar refractivity (Wildman–Crippen MR) is 103 cm³/mol. The van der Waals surface area contributed by atoms with Crippen LogP contribution in [0.4, 0.5) is 0 Å². The van der Waals surface area contributed by atoms with Crippen LogP contribution in [0.3, 0.4) is 0 Å². The molecule has 26 heavy (non-hydrogen) atoms. The van der Waals surface area contributed by atoms with E-state index in [1.165, 1.54) is 11.3 Å². The summed E-state index contributed by atoms with van der Waals surface area (Å²) in [5, 5.41) is 2.92. The Hall–Kier alpha value is -2.92. The molecule has 1 aromatic carbocycles. The Balaban J connectivity index is 2.09. The minimum absolute atomic E-state index is 0.0976. The molecule has 0 bridgehead atoms. The molecule has 0 unspecified atom stereocenters. The van der Waals surface area contributed by atoms with Gasteiger partial charge in [0.1, 0.15) is 0 Å². The van der Waals surface area contributed by atoms with E-state index in [4.69, 9.17) is 4.74 Å². The zero-order chi connectivity index (χ0) is 18.3. The van der Waals surface area contributed by atoms with Crippen LogP contribution >= 0.6 is 11.3 Å². The van der Waals surface area contributed by atoms with E-state index < -0.39 is 5.97 Å². The van der Waals surface area contributed by atoms with Crippen molar-refractivity contribution < 1.29 is 14.3 Å². The van der Waals surface area contributed by atoms with Crippen LogP contribution in [-0.2, 0) is 4.74 Å². The van der Waals surface area contributed by atoms with E-state index in [9.17, 15) is 9.59 Å². The van der Waals surface area contributed by atoms with E-state index >= 15 is 0 Å². The molecule has 0 radical (unpaired) electrons. The van der Waals surface area contributed by atoms with Crippen LogP contribution in [0.25, 0.3) is 16.4 Å². The first-order valence-electron chi connectivity index (χ1n) is 8.41. The minimum atomic E-state index is -0.412. The van der Waals surface area contributed by atoms with Crippen LogP contribution in [0.5, 0.6) is 0 Å². The van der Waals surface area contributed by atoms with Crippen LogP contribution in [0.15, 0.2) is 53.9 Å². The fourth-order valence-corrected chi connectivity index (χ4v) is 3.96. The van der Waals surface area contributed by atoms with Gasteiger partial charge in [-0.3, -0.25) is 4.79 Å². The number of esters is 1. The molecule has 4 rings (SSSR count). The summed E-state index contributed by atoms with van der Waals surface area (Å²) in [7, 11) is 0. The van der Waals surface area contributed by atoms with E-state index in [1.807, 2.05) is 53.1 Å². The van der Waals surface area contributed by atoms with Gasteiger partial charge < -0.3 is 9.14 Å². The first-order chi connectivity index (χ1) is 12.6. The minimum Gasteiger partial charge on any atom is -0.462 e. The fraction of sp³-hybridized carbons (Fsp3) is 0.143. The third-order valence-corrected chi connectivity index (χ3v) is 5.30. The molecular formula is C21H17NO3S. The van der Waals surface area contributed by atoms with Crippen LogP contribution in [0.2, 0.25) is 0 Å². The molecule has 3 heterocycles. The highest BCUT2D eigenvalue weighted by molar-refractivity contribution is 7.12. The summed E-state index contributed by atoms with van der Waals surface area (Å²) in [6.07, 6.45) is 0. The smallest absolute Gasteiger partial charge is 0.340 e. The van der Waals surface area contributed by atoms with Gasteiger partial charge in [-0.15, -0.1) is 11.3 Å². The zero-order valence-corrected chi connectivity index (χ0v) is 15.3. The van der Waals surface area contributed by atoms with Gasteiger partial charge in [0.2, 0.25) is 5.78 Å². The fourth-order valence-electron chi connectivity index (χ4n) is 3.29. The molecule has 0 aliphatic carbocycles. The first kappa shape index (κ1) is 16.5. The van der Waals surface area contributed by atoms with Crippen LogP contribution in [-0.4, -0.2) is 22.8 Å². The lowest BCUT2D eigenvalue weighted by Crippen LogP contribution is -2.05. The van der Waals surface area contributed by atoms with Gasteiger partial charge in [-0.05, 0) is 49.1 Å². The standard InChI is InChI=1S/C21H17NO3S/c1-3-25-21(24)15-12-18(20(23)19-9-6-10-26-19)22-16-8-5-4-7-14(16)13(2)11-17(15)22/h4-12H,3H2,1-2H3. The van der Waals surface area contributed by atoms with E-state index in [0.29, 0.717) is 21.7 Å². The molecule has 0 aliphatic rings. The number of carbonyl (C=O) groups excluding carboxylic acids is 2. The quantitative estimate of drug-likeness (QED) is 0.384. The summed E-state index contributed by atoms with van der Waals surface area (Å²) < 4.78 is 7.08. The maximum Gasteiger partial charge on any atom is 0.340 e. The number of nitrogens with zero attached hydrogens (tertiary/aromatic N) is 1. The summed E-state index contributed by atoms with van der Waals surface area (Å²) in [5.74, 6) is -0.510. The molecule has 130 valence electrons. The first-order valence-corrected chi connectivity index (χ1v) is 9.29. The highest BCUT2D eigenvalue weighted by atomic mass is 32.1. The highest BCUT2D eigenvalue weighted by Crippen LogP contribution is 2.29. The third kappa shape index (κ3) is 2.52. The maximum atomic E-state index is 13.1. The summed E-state index contributed by atoms with van der Waals surface area (Å²) in [6.45, 7) is 4.07. The van der Waals surface area contributed by atoms with E-state index in [-0.39, 0.29) is 12.4 Å². The van der Waals surface area contributed by atoms with Crippen LogP contribution in [0.1, 0.15) is 38.2 Å². The van der Waals surface area contributed by atoms with Crippen molar-refractivity contribution in [1.82, 2.24) is 4.40 Å². The number of aromatic nitrogens is 1. The van der Waals surface area contributed by atoms with Crippen molar-refractivity contribution in [3.63, 3.8) is 0 Å². The Labute approximate surface area is 154 Å². The van der Waals surface area contributed by atoms with E-state index in [2.05, 4.69) is 0 Å². The number of para-hydroxylation sites is 1. The number of ketones is 1. The normalized spacial score (nSPS) is 11.2. The van der Waals surface area contributed by atoms with Gasteiger partial charge in [0.05, 0.1) is 33.8 Å². The average molecular weight is 363 g/mol. The Morgan fingerprint density at radius 1 is 1.08 bits per heavy atom. The summed E-state index contributed by atoms with van der Waals surface area (Å²) in [5.41, 5.74) is 3.53. The van der Waals surface area contributed by atoms with Crippen LogP contribution in [0, 0.1) is 6.92 Å². The number of aryl methyl sites for hydroxylation is 1. The molecule has 4 nitrogen and oxygen atoms in total. The predicted octanol–water partition coefficient (Wildman–Crippen LogP) is 4.87. The maximum absolute atomic E-state index is 13.1. The molecule has 0 spiro atoms. The molecule has 4 aromatic rings.